The standard InChI is InChI=1S/C23H21N5O3.BrH/c29-21-16-27(18-7-3-1-4-8-18)24-23(21)26-15-20(25-14-6-2-5-9-22(25)26)17-10-12-19(13-11-17)28(30)31;/h1,3-4,7-8,10-13,15-16H,2,5-6,9,14H2;1H. The summed E-state index contributed by atoms with van der Waals surface area (Å²) >= 11 is 0. The highest BCUT2D eigenvalue weighted by Gasteiger charge is 2.29. The van der Waals surface area contributed by atoms with Crippen LogP contribution in [0.1, 0.15) is 25.1 Å². The zero-order valence-corrected chi connectivity index (χ0v) is 18.9. The Morgan fingerprint density at radius 2 is 1.78 bits per heavy atom. The number of nitro benzene ring substituents is 1. The van der Waals surface area contributed by atoms with E-state index >= 15 is 0 Å². The summed E-state index contributed by atoms with van der Waals surface area (Å²) in [4.78, 5) is 10.6. The Bertz CT molecular complexity index is 1250. The van der Waals surface area contributed by atoms with Crippen LogP contribution >= 0.6 is 0 Å². The van der Waals surface area contributed by atoms with Crippen molar-refractivity contribution in [2.24, 2.45) is 0 Å². The molecule has 32 heavy (non-hydrogen) atoms. The largest absolute Gasteiger partial charge is 1.00 e. The first kappa shape index (κ1) is 21.8. The van der Waals surface area contributed by atoms with Gasteiger partial charge in [-0.25, -0.2) is 0 Å². The highest BCUT2D eigenvalue weighted by Crippen LogP contribution is 2.28. The van der Waals surface area contributed by atoms with Crippen LogP contribution in [0.25, 0.3) is 22.8 Å². The van der Waals surface area contributed by atoms with Gasteiger partial charge in [-0.05, 0) is 48.6 Å². The number of nitrogens with zero attached hydrogens (tertiary/aromatic N) is 5. The summed E-state index contributed by atoms with van der Waals surface area (Å²) in [5.74, 6) is 1.64. The molecule has 0 amide bonds. The summed E-state index contributed by atoms with van der Waals surface area (Å²) in [5.41, 5.74) is 2.79. The summed E-state index contributed by atoms with van der Waals surface area (Å²) in [7, 11) is 0. The van der Waals surface area contributed by atoms with Gasteiger partial charge in [0.15, 0.2) is 0 Å². The van der Waals surface area contributed by atoms with E-state index in [4.69, 9.17) is 0 Å². The maximum Gasteiger partial charge on any atom is 0.334 e. The average molecular weight is 496 g/mol. The zero-order chi connectivity index (χ0) is 21.4. The number of rotatable bonds is 4. The second kappa shape index (κ2) is 8.96. The molecule has 8 nitrogen and oxygen atoms in total. The lowest BCUT2D eigenvalue weighted by atomic mass is 10.1. The first-order valence-electron chi connectivity index (χ1n) is 10.3. The smallest absolute Gasteiger partial charge is 0.334 e. The number of hydrogen-bond acceptors (Lipinski definition) is 4. The van der Waals surface area contributed by atoms with Crippen molar-refractivity contribution in [3.8, 4) is 28.5 Å². The van der Waals surface area contributed by atoms with Crippen LogP contribution in [-0.4, -0.2) is 24.4 Å². The molecule has 0 spiro atoms. The molecule has 0 aliphatic carbocycles. The van der Waals surface area contributed by atoms with Crippen LogP contribution in [0.4, 0.5) is 5.69 Å². The van der Waals surface area contributed by atoms with E-state index in [0.717, 1.165) is 55.0 Å². The Labute approximate surface area is 195 Å². The Morgan fingerprint density at radius 3 is 2.50 bits per heavy atom. The molecule has 0 bridgehead atoms. The van der Waals surface area contributed by atoms with Gasteiger partial charge >= 0.3 is 5.82 Å². The summed E-state index contributed by atoms with van der Waals surface area (Å²) < 4.78 is 5.87. The van der Waals surface area contributed by atoms with E-state index in [1.807, 2.05) is 41.1 Å². The fraction of sp³-hybridized carbons (Fsp3) is 0.217. The number of fused-ring (bicyclic) bond motifs is 1. The number of imidazole rings is 1. The van der Waals surface area contributed by atoms with Gasteiger partial charge in [0.05, 0.1) is 23.4 Å². The Kier molecular flexibility index (Phi) is 6.09. The summed E-state index contributed by atoms with van der Waals surface area (Å²) in [6, 6.07) is 16.3. The highest BCUT2D eigenvalue weighted by molar-refractivity contribution is 5.61. The van der Waals surface area contributed by atoms with Crippen LogP contribution in [0.5, 0.6) is 5.75 Å². The third-order valence-corrected chi connectivity index (χ3v) is 5.71. The predicted octanol–water partition coefficient (Wildman–Crippen LogP) is 0.962. The average Bonchev–Trinajstić information content (AvgIpc) is 3.25. The lowest BCUT2D eigenvalue weighted by Crippen LogP contribution is -3.00. The first-order valence-corrected chi connectivity index (χ1v) is 10.3. The molecule has 1 N–H and O–H groups in total. The number of aromatic nitrogens is 4. The van der Waals surface area contributed by atoms with Gasteiger partial charge in [0, 0.05) is 24.1 Å². The normalized spacial score (nSPS) is 13.1. The second-order valence-electron chi connectivity index (χ2n) is 7.68. The minimum absolute atomic E-state index is 0. The predicted molar refractivity (Wildman–Crippen MR) is 114 cm³/mol. The molecule has 1 aliphatic rings. The van der Waals surface area contributed by atoms with Crippen molar-refractivity contribution >= 4 is 5.69 Å². The van der Waals surface area contributed by atoms with Crippen LogP contribution < -0.4 is 21.5 Å². The van der Waals surface area contributed by atoms with Crippen molar-refractivity contribution in [2.45, 2.75) is 32.2 Å². The summed E-state index contributed by atoms with van der Waals surface area (Å²) in [6.45, 7) is 0.856. The van der Waals surface area contributed by atoms with Crippen LogP contribution in [0.2, 0.25) is 0 Å². The van der Waals surface area contributed by atoms with Gasteiger partial charge in [-0.3, -0.25) is 14.7 Å². The van der Waals surface area contributed by atoms with Crippen LogP contribution in [0.15, 0.2) is 67.0 Å². The van der Waals surface area contributed by atoms with Crippen molar-refractivity contribution in [3.05, 3.63) is 82.9 Å². The number of nitro groups is 1. The number of halogens is 1. The monoisotopic (exact) mass is 495 g/mol. The summed E-state index contributed by atoms with van der Waals surface area (Å²) in [5, 5.41) is 26.4. The van der Waals surface area contributed by atoms with Gasteiger partial charge in [0.1, 0.15) is 11.9 Å². The molecule has 0 unspecified atom stereocenters. The molecule has 5 rings (SSSR count). The molecular weight excluding hydrogens is 474 g/mol. The number of para-hydroxylation sites is 1. The topological polar surface area (TPSA) is 90.0 Å². The van der Waals surface area contributed by atoms with Crippen LogP contribution in [0, 0.1) is 10.1 Å². The van der Waals surface area contributed by atoms with E-state index in [1.165, 1.54) is 12.1 Å². The van der Waals surface area contributed by atoms with Crippen molar-refractivity contribution in [3.63, 3.8) is 0 Å². The third-order valence-electron chi connectivity index (χ3n) is 5.71. The fourth-order valence-electron chi connectivity index (χ4n) is 4.18. The molecule has 9 heteroatoms. The SMILES string of the molecule is O=[N+]([O-])c1ccc(-c2c[n+](-c3nn(-c4ccccc4)cc3O)c3n2CCCCC3)cc1.[Br-]. The highest BCUT2D eigenvalue weighted by atomic mass is 79.9. The van der Waals surface area contributed by atoms with E-state index in [9.17, 15) is 15.2 Å². The first-order chi connectivity index (χ1) is 15.1. The molecule has 0 fully saturated rings. The Hall–Kier alpha value is -3.46. The van der Waals surface area contributed by atoms with Gasteiger partial charge in [0.2, 0.25) is 11.6 Å². The molecule has 3 heterocycles. The third kappa shape index (κ3) is 3.91. The van der Waals surface area contributed by atoms with Gasteiger partial charge in [-0.15, -0.1) is 0 Å². The van der Waals surface area contributed by atoms with Gasteiger partial charge in [-0.2, -0.15) is 9.25 Å². The van der Waals surface area contributed by atoms with Gasteiger partial charge in [0.25, 0.3) is 5.69 Å². The van der Waals surface area contributed by atoms with E-state index in [2.05, 4.69) is 9.67 Å². The van der Waals surface area contributed by atoms with Gasteiger partial charge < -0.3 is 22.1 Å². The molecule has 164 valence electrons. The van der Waals surface area contributed by atoms with Crippen LogP contribution in [0.3, 0.4) is 0 Å². The van der Waals surface area contributed by atoms with Crippen LogP contribution in [-0.2, 0) is 13.0 Å². The number of non-ortho nitro benzene ring substituents is 1. The molecule has 0 atom stereocenters. The Morgan fingerprint density at radius 1 is 1.03 bits per heavy atom. The van der Waals surface area contributed by atoms with Crippen molar-refractivity contribution in [1.29, 1.82) is 0 Å². The summed E-state index contributed by atoms with van der Waals surface area (Å²) in [6.07, 6.45) is 7.70. The second-order valence-corrected chi connectivity index (χ2v) is 7.68. The lowest BCUT2D eigenvalue weighted by molar-refractivity contribution is -0.608. The number of hydrogen-bond donors (Lipinski definition) is 1. The molecule has 2 aromatic heterocycles. The lowest BCUT2D eigenvalue weighted by Gasteiger charge is -2.04. The fourth-order valence-corrected chi connectivity index (χ4v) is 4.18. The minimum atomic E-state index is -0.392. The van der Waals surface area contributed by atoms with Crippen molar-refractivity contribution in [2.75, 3.05) is 0 Å². The molecule has 0 saturated heterocycles. The molecular formula is C23H22BrN5O3. The quantitative estimate of drug-likeness (QED) is 0.259. The molecule has 4 aromatic rings. The molecule has 0 radical (unpaired) electrons. The minimum Gasteiger partial charge on any atom is -1.00 e. The maximum atomic E-state index is 11.0. The van der Waals surface area contributed by atoms with E-state index in [0.29, 0.717) is 5.82 Å². The van der Waals surface area contributed by atoms with Crippen molar-refractivity contribution in [1.82, 2.24) is 14.3 Å². The molecule has 0 saturated carbocycles. The molecule has 1 aliphatic heterocycles. The van der Waals surface area contributed by atoms with E-state index < -0.39 is 4.92 Å². The van der Waals surface area contributed by atoms with E-state index in [-0.39, 0.29) is 28.4 Å². The zero-order valence-electron chi connectivity index (χ0n) is 17.3. The van der Waals surface area contributed by atoms with Gasteiger partial charge in [-0.1, -0.05) is 18.2 Å². The number of aromatic hydroxyl groups is 1. The maximum absolute atomic E-state index is 11.0. The Balaban J connectivity index is 0.00000245. The van der Waals surface area contributed by atoms with E-state index in [1.54, 1.807) is 23.0 Å². The molecule has 2 aromatic carbocycles. The number of benzene rings is 2. The van der Waals surface area contributed by atoms with Crippen molar-refractivity contribution < 1.29 is 31.6 Å².